The number of hydrogen-bond acceptors (Lipinski definition) is 3. The molecule has 0 aromatic carbocycles. The lowest BCUT2D eigenvalue weighted by atomic mass is 9.93. The monoisotopic (exact) mass is 285 g/mol. The van der Waals surface area contributed by atoms with E-state index in [4.69, 9.17) is 4.42 Å². The molecule has 2 aromatic rings. The molecule has 0 radical (unpaired) electrons. The van der Waals surface area contributed by atoms with Crippen LogP contribution in [0.1, 0.15) is 31.1 Å². The molecule has 0 unspecified atom stereocenters. The number of aromatic nitrogens is 2. The third kappa shape index (κ3) is 3.24. The number of allylic oxidation sites excluding steroid dienone is 2. The van der Waals surface area contributed by atoms with Gasteiger partial charge in [0.2, 0.25) is 5.91 Å². The van der Waals surface area contributed by atoms with Crippen molar-refractivity contribution in [2.45, 2.75) is 25.3 Å². The lowest BCUT2D eigenvalue weighted by Gasteiger charge is -2.20. The van der Waals surface area contributed by atoms with E-state index in [0.717, 1.165) is 25.0 Å². The van der Waals surface area contributed by atoms with Gasteiger partial charge in [-0.3, -0.25) is 9.48 Å². The first-order valence-corrected chi connectivity index (χ1v) is 7.30. The SMILES string of the molecule is O=C(NC[C@H](c1ccco1)n1cccn1)[C@H]1CC=CCC1. The molecule has 2 atom stereocenters. The highest BCUT2D eigenvalue weighted by Crippen LogP contribution is 2.20. The molecule has 110 valence electrons. The average Bonchev–Trinajstić information content (AvgIpc) is 3.22. The third-order valence-corrected chi connectivity index (χ3v) is 3.83. The molecule has 1 aliphatic carbocycles. The van der Waals surface area contributed by atoms with Gasteiger partial charge in [-0.1, -0.05) is 12.2 Å². The molecule has 1 amide bonds. The molecule has 5 heteroatoms. The molecule has 0 saturated heterocycles. The van der Waals surface area contributed by atoms with Gasteiger partial charge in [-0.2, -0.15) is 5.10 Å². The van der Waals surface area contributed by atoms with Crippen LogP contribution in [0, 0.1) is 5.92 Å². The van der Waals surface area contributed by atoms with Crippen LogP contribution < -0.4 is 5.32 Å². The second kappa shape index (κ2) is 6.43. The lowest BCUT2D eigenvalue weighted by Crippen LogP contribution is -2.36. The fraction of sp³-hybridized carbons (Fsp3) is 0.375. The summed E-state index contributed by atoms with van der Waals surface area (Å²) < 4.78 is 7.28. The zero-order valence-corrected chi connectivity index (χ0v) is 11.8. The van der Waals surface area contributed by atoms with Crippen molar-refractivity contribution in [3.63, 3.8) is 0 Å². The Morgan fingerprint density at radius 3 is 3.10 bits per heavy atom. The molecule has 0 aliphatic heterocycles. The smallest absolute Gasteiger partial charge is 0.223 e. The molecule has 5 nitrogen and oxygen atoms in total. The Kier molecular flexibility index (Phi) is 4.19. The van der Waals surface area contributed by atoms with Gasteiger partial charge in [-0.15, -0.1) is 0 Å². The van der Waals surface area contributed by atoms with Crippen LogP contribution in [0.4, 0.5) is 0 Å². The Morgan fingerprint density at radius 2 is 2.43 bits per heavy atom. The summed E-state index contributed by atoms with van der Waals surface area (Å²) in [6.07, 6.45) is 12.2. The summed E-state index contributed by atoms with van der Waals surface area (Å²) in [6.45, 7) is 0.480. The van der Waals surface area contributed by atoms with E-state index in [9.17, 15) is 4.79 Å². The Labute approximate surface area is 123 Å². The molecule has 1 N–H and O–H groups in total. The highest BCUT2D eigenvalue weighted by atomic mass is 16.3. The molecule has 0 saturated carbocycles. The molecule has 0 spiro atoms. The van der Waals surface area contributed by atoms with Crippen LogP contribution in [0.25, 0.3) is 0 Å². The highest BCUT2D eigenvalue weighted by molar-refractivity contribution is 5.79. The van der Waals surface area contributed by atoms with Crippen molar-refractivity contribution in [1.29, 1.82) is 0 Å². The molecular weight excluding hydrogens is 266 g/mol. The van der Waals surface area contributed by atoms with E-state index in [0.29, 0.717) is 6.54 Å². The van der Waals surface area contributed by atoms with E-state index in [2.05, 4.69) is 22.6 Å². The van der Waals surface area contributed by atoms with E-state index in [1.807, 2.05) is 24.4 Å². The third-order valence-electron chi connectivity index (χ3n) is 3.83. The minimum Gasteiger partial charge on any atom is -0.467 e. The average molecular weight is 285 g/mol. The molecule has 21 heavy (non-hydrogen) atoms. The maximum atomic E-state index is 12.2. The number of rotatable bonds is 5. The Hall–Kier alpha value is -2.30. The summed E-state index contributed by atoms with van der Waals surface area (Å²) in [7, 11) is 0. The number of furan rings is 1. The van der Waals surface area contributed by atoms with Crippen LogP contribution in [-0.4, -0.2) is 22.2 Å². The predicted molar refractivity (Wildman–Crippen MR) is 78.6 cm³/mol. The van der Waals surface area contributed by atoms with Crippen molar-refractivity contribution in [2.24, 2.45) is 5.92 Å². The Bertz CT molecular complexity index is 553. The number of nitrogens with zero attached hydrogens (tertiary/aromatic N) is 2. The van der Waals surface area contributed by atoms with Crippen molar-refractivity contribution in [1.82, 2.24) is 15.1 Å². The molecular formula is C16H19N3O2. The van der Waals surface area contributed by atoms with Gasteiger partial charge in [0.1, 0.15) is 11.8 Å². The van der Waals surface area contributed by atoms with Crippen molar-refractivity contribution < 1.29 is 9.21 Å². The van der Waals surface area contributed by atoms with E-state index in [1.54, 1.807) is 17.1 Å². The Balaban J connectivity index is 1.65. The zero-order chi connectivity index (χ0) is 14.5. The predicted octanol–water partition coefficient (Wildman–Crippen LogP) is 2.54. The Morgan fingerprint density at radius 1 is 1.48 bits per heavy atom. The molecule has 1 aliphatic rings. The van der Waals surface area contributed by atoms with Crippen molar-refractivity contribution in [3.05, 3.63) is 54.8 Å². The number of carbonyl (C=O) groups excluding carboxylic acids is 1. The van der Waals surface area contributed by atoms with Crippen molar-refractivity contribution in [2.75, 3.05) is 6.54 Å². The molecule has 2 aromatic heterocycles. The minimum absolute atomic E-state index is 0.0878. The summed E-state index contributed by atoms with van der Waals surface area (Å²) >= 11 is 0. The summed E-state index contributed by atoms with van der Waals surface area (Å²) in [5.74, 6) is 0.996. The summed E-state index contributed by atoms with van der Waals surface area (Å²) in [4.78, 5) is 12.2. The molecule has 0 fully saturated rings. The molecule has 0 bridgehead atoms. The first-order valence-electron chi connectivity index (χ1n) is 7.30. The number of carbonyl (C=O) groups is 1. The fourth-order valence-corrected chi connectivity index (χ4v) is 2.64. The van der Waals surface area contributed by atoms with E-state index >= 15 is 0 Å². The van der Waals surface area contributed by atoms with Gasteiger partial charge in [-0.25, -0.2) is 0 Å². The molecule has 2 heterocycles. The van der Waals surface area contributed by atoms with Gasteiger partial charge < -0.3 is 9.73 Å². The van der Waals surface area contributed by atoms with Crippen LogP contribution in [0.5, 0.6) is 0 Å². The lowest BCUT2D eigenvalue weighted by molar-refractivity contribution is -0.125. The van der Waals surface area contributed by atoms with E-state index < -0.39 is 0 Å². The molecule has 3 rings (SSSR count). The summed E-state index contributed by atoms with van der Waals surface area (Å²) in [6, 6.07) is 5.50. The van der Waals surface area contributed by atoms with Gasteiger partial charge in [0, 0.05) is 24.9 Å². The summed E-state index contributed by atoms with van der Waals surface area (Å²) in [5.41, 5.74) is 0. The first-order chi connectivity index (χ1) is 10.3. The largest absolute Gasteiger partial charge is 0.467 e. The van der Waals surface area contributed by atoms with E-state index in [-0.39, 0.29) is 17.9 Å². The number of amides is 1. The van der Waals surface area contributed by atoms with Crippen molar-refractivity contribution >= 4 is 5.91 Å². The van der Waals surface area contributed by atoms with Crippen LogP contribution in [-0.2, 0) is 4.79 Å². The first kappa shape index (κ1) is 13.7. The second-order valence-electron chi connectivity index (χ2n) is 5.24. The normalized spacial score (nSPS) is 19.3. The maximum Gasteiger partial charge on any atom is 0.223 e. The van der Waals surface area contributed by atoms with E-state index in [1.165, 1.54) is 0 Å². The van der Waals surface area contributed by atoms with Crippen LogP contribution in [0.15, 0.2) is 53.4 Å². The van der Waals surface area contributed by atoms with Crippen LogP contribution in [0.3, 0.4) is 0 Å². The van der Waals surface area contributed by atoms with Gasteiger partial charge in [0.25, 0.3) is 0 Å². The number of nitrogens with one attached hydrogen (secondary N) is 1. The van der Waals surface area contributed by atoms with Gasteiger partial charge in [0.15, 0.2) is 0 Å². The van der Waals surface area contributed by atoms with Crippen LogP contribution in [0.2, 0.25) is 0 Å². The standard InChI is InChI=1S/C16H19N3O2/c20-16(13-6-2-1-3-7-13)17-12-14(15-8-4-11-21-15)19-10-5-9-18-19/h1-2,4-5,8-11,13-14H,3,6-7,12H2,(H,17,20)/t13-,14+/m0/s1. The maximum absolute atomic E-state index is 12.2. The summed E-state index contributed by atoms with van der Waals surface area (Å²) in [5, 5.41) is 7.29. The van der Waals surface area contributed by atoms with Gasteiger partial charge in [0.05, 0.1) is 6.26 Å². The number of hydrogen-bond donors (Lipinski definition) is 1. The van der Waals surface area contributed by atoms with Crippen molar-refractivity contribution in [3.8, 4) is 0 Å². The highest BCUT2D eigenvalue weighted by Gasteiger charge is 2.22. The quantitative estimate of drug-likeness (QED) is 0.859. The van der Waals surface area contributed by atoms with Gasteiger partial charge in [-0.05, 0) is 37.5 Å². The topological polar surface area (TPSA) is 60.1 Å². The van der Waals surface area contributed by atoms with Gasteiger partial charge >= 0.3 is 0 Å². The second-order valence-corrected chi connectivity index (χ2v) is 5.24. The zero-order valence-electron chi connectivity index (χ0n) is 11.8. The van der Waals surface area contributed by atoms with Crippen LogP contribution >= 0.6 is 0 Å². The minimum atomic E-state index is -0.113. The fourth-order valence-electron chi connectivity index (χ4n) is 2.64.